The summed E-state index contributed by atoms with van der Waals surface area (Å²) in [6, 6.07) is 5.03. The lowest BCUT2D eigenvalue weighted by Gasteiger charge is -2.13. The number of nitrogens with one attached hydrogen (secondary N) is 2. The average molecular weight is 386 g/mol. The molecule has 2 amide bonds. The molecule has 0 aliphatic rings. The molecule has 1 atom stereocenters. The van der Waals surface area contributed by atoms with Gasteiger partial charge >= 0.3 is 12.1 Å². The fraction of sp³-hybridized carbons (Fsp3) is 0.438. The van der Waals surface area contributed by atoms with Crippen molar-refractivity contribution in [3.63, 3.8) is 0 Å². The largest absolute Gasteiger partial charge is 0.453 e. The van der Waals surface area contributed by atoms with E-state index in [1.165, 1.54) is 13.0 Å². The van der Waals surface area contributed by atoms with Gasteiger partial charge in [-0.15, -0.1) is 0 Å². The van der Waals surface area contributed by atoms with E-state index in [0.29, 0.717) is 5.56 Å². The van der Waals surface area contributed by atoms with Crippen molar-refractivity contribution in [3.05, 3.63) is 29.3 Å². The zero-order valence-electron chi connectivity index (χ0n) is 15.0. The van der Waals surface area contributed by atoms with Crippen molar-refractivity contribution in [2.45, 2.75) is 38.2 Å². The van der Waals surface area contributed by atoms with Crippen LogP contribution in [0.25, 0.3) is 0 Å². The third-order valence-corrected chi connectivity index (χ3v) is 4.95. The van der Waals surface area contributed by atoms with Crippen LogP contribution in [0.1, 0.15) is 24.5 Å². The van der Waals surface area contributed by atoms with Gasteiger partial charge in [0.05, 0.1) is 18.4 Å². The van der Waals surface area contributed by atoms with Crippen molar-refractivity contribution >= 4 is 28.0 Å². The molecule has 0 aliphatic carbocycles. The Morgan fingerprint density at radius 3 is 2.46 bits per heavy atom. The van der Waals surface area contributed by atoms with E-state index in [0.717, 1.165) is 12.7 Å². The lowest BCUT2D eigenvalue weighted by Crippen LogP contribution is -2.39. The average Bonchev–Trinajstić information content (AvgIpc) is 2.56. The number of esters is 1. The number of amides is 2. The molecular weight excluding hydrogens is 364 g/mol. The Balaban J connectivity index is 2.54. The summed E-state index contributed by atoms with van der Waals surface area (Å²) in [4.78, 5) is 34.3. The summed E-state index contributed by atoms with van der Waals surface area (Å²) >= 11 is 0. The third-order valence-electron chi connectivity index (χ3n) is 3.34. The van der Waals surface area contributed by atoms with E-state index in [4.69, 9.17) is 4.74 Å². The van der Waals surface area contributed by atoms with Gasteiger partial charge in [0.25, 0.3) is 5.91 Å². The molecule has 144 valence electrons. The van der Waals surface area contributed by atoms with Gasteiger partial charge in [-0.05, 0) is 38.0 Å². The minimum absolute atomic E-state index is 0.136. The molecule has 0 saturated carbocycles. The number of imide groups is 1. The standard InChI is InChI=1S/C16H22N2O7S/c1-10-5-6-11(2)13(9-10)26(22,23)17-8-7-14(19)25-12(3)15(20)18-16(21)24-4/h5-6,9,12,17H,7-8H2,1-4H3,(H,18,20,21)/t12-/m0/s1. The van der Waals surface area contributed by atoms with Crippen LogP contribution >= 0.6 is 0 Å². The van der Waals surface area contributed by atoms with E-state index in [1.54, 1.807) is 26.0 Å². The molecule has 10 heteroatoms. The van der Waals surface area contributed by atoms with Crippen LogP contribution in [0.5, 0.6) is 0 Å². The molecule has 0 aromatic heterocycles. The predicted molar refractivity (Wildman–Crippen MR) is 91.8 cm³/mol. The SMILES string of the molecule is COC(=O)NC(=O)[C@H](C)OC(=O)CCNS(=O)(=O)c1cc(C)ccc1C. The molecular formula is C16H22N2O7S. The Bertz CT molecular complexity index is 790. The normalized spacial score (nSPS) is 12.2. The summed E-state index contributed by atoms with van der Waals surface area (Å²) in [6.45, 7) is 4.52. The van der Waals surface area contributed by atoms with E-state index in [-0.39, 0.29) is 17.9 Å². The molecule has 2 N–H and O–H groups in total. The lowest BCUT2D eigenvalue weighted by molar-refractivity contribution is -0.154. The van der Waals surface area contributed by atoms with Crippen molar-refractivity contribution in [1.82, 2.24) is 10.0 Å². The fourth-order valence-electron chi connectivity index (χ4n) is 1.92. The van der Waals surface area contributed by atoms with Crippen molar-refractivity contribution in [1.29, 1.82) is 0 Å². The summed E-state index contributed by atoms with van der Waals surface area (Å²) in [7, 11) is -2.69. The second-order valence-corrected chi connectivity index (χ2v) is 7.27. The highest BCUT2D eigenvalue weighted by molar-refractivity contribution is 7.89. The first-order chi connectivity index (χ1) is 12.1. The molecule has 1 aromatic rings. The van der Waals surface area contributed by atoms with Crippen LogP contribution in [0, 0.1) is 13.8 Å². The topological polar surface area (TPSA) is 128 Å². The van der Waals surface area contributed by atoms with Crippen molar-refractivity contribution in [3.8, 4) is 0 Å². The number of hydrogen-bond acceptors (Lipinski definition) is 7. The molecule has 0 heterocycles. The molecule has 9 nitrogen and oxygen atoms in total. The maximum Gasteiger partial charge on any atom is 0.413 e. The maximum absolute atomic E-state index is 12.3. The molecule has 1 rings (SSSR count). The van der Waals surface area contributed by atoms with Gasteiger partial charge < -0.3 is 9.47 Å². The maximum atomic E-state index is 12.3. The highest BCUT2D eigenvalue weighted by atomic mass is 32.2. The van der Waals surface area contributed by atoms with Crippen LogP contribution in [0.3, 0.4) is 0 Å². The van der Waals surface area contributed by atoms with Crippen molar-refractivity contribution in [2.75, 3.05) is 13.7 Å². The van der Waals surface area contributed by atoms with Gasteiger partial charge in [0.15, 0.2) is 6.10 Å². The number of sulfonamides is 1. The number of benzene rings is 1. The molecule has 26 heavy (non-hydrogen) atoms. The Morgan fingerprint density at radius 2 is 1.85 bits per heavy atom. The lowest BCUT2D eigenvalue weighted by atomic mass is 10.2. The third kappa shape index (κ3) is 6.45. The fourth-order valence-corrected chi connectivity index (χ4v) is 3.28. The highest BCUT2D eigenvalue weighted by Crippen LogP contribution is 2.16. The second-order valence-electron chi connectivity index (χ2n) is 5.53. The molecule has 0 saturated heterocycles. The number of alkyl carbamates (subject to hydrolysis) is 1. The van der Waals surface area contributed by atoms with Gasteiger partial charge in [0.1, 0.15) is 0 Å². The van der Waals surface area contributed by atoms with E-state index in [2.05, 4.69) is 9.46 Å². The van der Waals surface area contributed by atoms with Crippen LogP contribution in [0.15, 0.2) is 23.1 Å². The summed E-state index contributed by atoms with van der Waals surface area (Å²) in [5.41, 5.74) is 1.37. The van der Waals surface area contributed by atoms with Crippen LogP contribution < -0.4 is 10.0 Å². The molecule has 0 bridgehead atoms. The number of ether oxygens (including phenoxy) is 2. The molecule has 0 spiro atoms. The van der Waals surface area contributed by atoms with Gasteiger partial charge in [-0.25, -0.2) is 17.9 Å². The minimum Gasteiger partial charge on any atom is -0.453 e. The number of hydrogen-bond donors (Lipinski definition) is 2. The van der Waals surface area contributed by atoms with E-state index >= 15 is 0 Å². The van der Waals surface area contributed by atoms with Crippen LogP contribution in [-0.2, 0) is 29.1 Å². The zero-order valence-corrected chi connectivity index (χ0v) is 15.8. The Morgan fingerprint density at radius 1 is 1.19 bits per heavy atom. The van der Waals surface area contributed by atoms with Crippen molar-refractivity contribution < 1.29 is 32.3 Å². The minimum atomic E-state index is -3.77. The summed E-state index contributed by atoms with van der Waals surface area (Å²) in [5.74, 6) is -1.64. The second kappa shape index (κ2) is 9.30. The first-order valence-electron chi connectivity index (χ1n) is 7.72. The summed E-state index contributed by atoms with van der Waals surface area (Å²) in [5, 5.41) is 1.86. The monoisotopic (exact) mass is 386 g/mol. The predicted octanol–water partition coefficient (Wildman–Crippen LogP) is 0.786. The van der Waals surface area contributed by atoms with Crippen LogP contribution in [0.2, 0.25) is 0 Å². The quantitative estimate of drug-likeness (QED) is 0.663. The highest BCUT2D eigenvalue weighted by Gasteiger charge is 2.21. The first kappa shape index (κ1) is 21.6. The summed E-state index contributed by atoms with van der Waals surface area (Å²) < 4.78 is 36.0. The molecule has 0 fully saturated rings. The van der Waals surface area contributed by atoms with E-state index in [9.17, 15) is 22.8 Å². The van der Waals surface area contributed by atoms with Gasteiger partial charge in [0, 0.05) is 6.54 Å². The van der Waals surface area contributed by atoms with Crippen molar-refractivity contribution in [2.24, 2.45) is 0 Å². The number of rotatable bonds is 7. The van der Waals surface area contributed by atoms with Gasteiger partial charge in [-0.2, -0.15) is 0 Å². The molecule has 1 aromatic carbocycles. The number of methoxy groups -OCH3 is 1. The summed E-state index contributed by atoms with van der Waals surface area (Å²) in [6.07, 6.45) is -2.48. The van der Waals surface area contributed by atoms with Gasteiger partial charge in [-0.1, -0.05) is 12.1 Å². The Kier molecular flexibility index (Phi) is 7.72. The first-order valence-corrected chi connectivity index (χ1v) is 9.20. The van der Waals surface area contributed by atoms with Gasteiger partial charge in [0.2, 0.25) is 10.0 Å². The molecule has 0 unspecified atom stereocenters. The molecule has 0 aliphatic heterocycles. The smallest absolute Gasteiger partial charge is 0.413 e. The molecule has 0 radical (unpaired) electrons. The van der Waals surface area contributed by atoms with Gasteiger partial charge in [-0.3, -0.25) is 14.9 Å². The van der Waals surface area contributed by atoms with Crippen LogP contribution in [0.4, 0.5) is 4.79 Å². The number of carbonyl (C=O) groups excluding carboxylic acids is 3. The number of carbonyl (C=O) groups is 3. The van der Waals surface area contributed by atoms with E-state index in [1.807, 2.05) is 5.32 Å². The Hall–Kier alpha value is -2.46. The number of aryl methyl sites for hydroxylation is 2. The van der Waals surface area contributed by atoms with E-state index < -0.39 is 34.1 Å². The zero-order chi connectivity index (χ0) is 19.9. The Labute approximate surface area is 152 Å². The van der Waals surface area contributed by atoms with Crippen LogP contribution in [-0.4, -0.2) is 46.1 Å².